The molecule has 0 aliphatic heterocycles. The average Bonchev–Trinajstić information content (AvgIpc) is 2.44. The van der Waals surface area contributed by atoms with Gasteiger partial charge in [0.25, 0.3) is 0 Å². The molecule has 0 aliphatic rings. The molecule has 5 nitrogen and oxygen atoms in total. The van der Waals surface area contributed by atoms with Crippen LogP contribution in [0.15, 0.2) is 18.2 Å². The molecule has 1 N–H and O–H groups in total. The molecule has 0 aromatic heterocycles. The maximum Gasteiger partial charge on any atom is 0.154 e. The Morgan fingerprint density at radius 2 is 2.00 bits per heavy atom. The Balaban J connectivity index is 3.04. The second kappa shape index (κ2) is 8.36. The largest absolute Gasteiger partial charge is 0.496 e. The lowest BCUT2D eigenvalue weighted by Gasteiger charge is -2.21. The normalized spacial score (nSPS) is 13.1. The number of ether oxygens (including phenoxy) is 2. The maximum atomic E-state index is 12.2. The zero-order valence-corrected chi connectivity index (χ0v) is 14.0. The van der Waals surface area contributed by atoms with E-state index in [4.69, 9.17) is 9.47 Å². The molecule has 0 bridgehead atoms. The molecule has 1 aromatic carbocycles. The van der Waals surface area contributed by atoms with Crippen molar-refractivity contribution >= 4 is 9.84 Å². The molecule has 1 aromatic rings. The summed E-state index contributed by atoms with van der Waals surface area (Å²) < 4.78 is 34.6. The zero-order chi connectivity index (χ0) is 15.9. The van der Waals surface area contributed by atoms with Gasteiger partial charge in [-0.2, -0.15) is 0 Å². The fourth-order valence-corrected chi connectivity index (χ4v) is 3.57. The van der Waals surface area contributed by atoms with Crippen molar-refractivity contribution in [2.45, 2.75) is 19.9 Å². The fraction of sp³-hybridized carbons (Fsp3) is 0.600. The summed E-state index contributed by atoms with van der Waals surface area (Å²) in [7, 11) is -0.0995. The van der Waals surface area contributed by atoms with Crippen molar-refractivity contribution in [1.29, 1.82) is 0 Å². The van der Waals surface area contributed by atoms with Gasteiger partial charge in [0.15, 0.2) is 9.84 Å². The predicted octanol–water partition coefficient (Wildman–Crippen LogP) is 1.72. The summed E-state index contributed by atoms with van der Waals surface area (Å²) in [6.07, 6.45) is 0. The molecular formula is C15H25NO4S. The Morgan fingerprint density at radius 3 is 2.57 bits per heavy atom. The van der Waals surface area contributed by atoms with Crippen LogP contribution in [0.2, 0.25) is 0 Å². The van der Waals surface area contributed by atoms with E-state index in [2.05, 4.69) is 5.32 Å². The maximum absolute atomic E-state index is 12.2. The van der Waals surface area contributed by atoms with E-state index in [0.717, 1.165) is 11.1 Å². The summed E-state index contributed by atoms with van der Waals surface area (Å²) in [4.78, 5) is 0. The number of nitrogens with one attached hydrogen (secondary N) is 1. The molecule has 120 valence electrons. The summed E-state index contributed by atoms with van der Waals surface area (Å²) in [5.41, 5.74) is 1.95. The van der Waals surface area contributed by atoms with Crippen LogP contribution in [0.3, 0.4) is 0 Å². The zero-order valence-electron chi connectivity index (χ0n) is 13.2. The Labute approximate surface area is 127 Å². The lowest BCUT2D eigenvalue weighted by atomic mass is 10.0. The Bertz CT molecular complexity index is 543. The van der Waals surface area contributed by atoms with Gasteiger partial charge in [0.2, 0.25) is 0 Å². The SMILES string of the molecule is CCNC(CS(=O)(=O)CCOC)c1cc(C)ccc1OC. The molecule has 0 fully saturated rings. The first-order valence-electron chi connectivity index (χ1n) is 7.00. The highest BCUT2D eigenvalue weighted by atomic mass is 32.2. The Kier molecular flexibility index (Phi) is 7.14. The molecule has 0 heterocycles. The van der Waals surface area contributed by atoms with Gasteiger partial charge in [0.05, 0.1) is 25.2 Å². The van der Waals surface area contributed by atoms with Crippen molar-refractivity contribution in [3.63, 3.8) is 0 Å². The number of sulfone groups is 1. The number of benzene rings is 1. The van der Waals surface area contributed by atoms with Crippen LogP contribution in [0.25, 0.3) is 0 Å². The van der Waals surface area contributed by atoms with Gasteiger partial charge in [-0.05, 0) is 19.5 Å². The van der Waals surface area contributed by atoms with Crippen LogP contribution >= 0.6 is 0 Å². The first kappa shape index (κ1) is 17.9. The van der Waals surface area contributed by atoms with Crippen LogP contribution < -0.4 is 10.1 Å². The number of rotatable bonds is 9. The van der Waals surface area contributed by atoms with Crippen molar-refractivity contribution in [1.82, 2.24) is 5.32 Å². The Morgan fingerprint density at radius 1 is 1.29 bits per heavy atom. The molecule has 0 spiro atoms. The first-order valence-corrected chi connectivity index (χ1v) is 8.83. The van der Waals surface area contributed by atoms with Crippen molar-refractivity contribution in [3.8, 4) is 5.75 Å². The van der Waals surface area contributed by atoms with Crippen molar-refractivity contribution in [2.75, 3.05) is 38.9 Å². The van der Waals surface area contributed by atoms with Crippen molar-refractivity contribution in [3.05, 3.63) is 29.3 Å². The molecule has 0 saturated heterocycles. The molecular weight excluding hydrogens is 290 g/mol. The predicted molar refractivity (Wildman–Crippen MR) is 84.7 cm³/mol. The summed E-state index contributed by atoms with van der Waals surface area (Å²) in [6, 6.07) is 5.51. The highest BCUT2D eigenvalue weighted by molar-refractivity contribution is 7.91. The second-order valence-electron chi connectivity index (χ2n) is 4.96. The third kappa shape index (κ3) is 5.65. The number of hydrogen-bond acceptors (Lipinski definition) is 5. The average molecular weight is 315 g/mol. The third-order valence-electron chi connectivity index (χ3n) is 3.23. The van der Waals surface area contributed by atoms with Crippen molar-refractivity contribution < 1.29 is 17.9 Å². The van der Waals surface area contributed by atoms with Gasteiger partial charge in [-0.25, -0.2) is 8.42 Å². The number of methoxy groups -OCH3 is 2. The van der Waals surface area contributed by atoms with E-state index in [0.29, 0.717) is 12.3 Å². The molecule has 0 aliphatic carbocycles. The lowest BCUT2D eigenvalue weighted by molar-refractivity contribution is 0.217. The standard InChI is InChI=1S/C15H25NO4S/c1-5-16-14(11-21(17,18)9-8-19-3)13-10-12(2)6-7-15(13)20-4/h6-7,10,14,16H,5,8-9,11H2,1-4H3. The van der Waals surface area contributed by atoms with Gasteiger partial charge in [-0.15, -0.1) is 0 Å². The number of aryl methyl sites for hydroxylation is 1. The highest BCUT2D eigenvalue weighted by Gasteiger charge is 2.22. The molecule has 0 saturated carbocycles. The van der Waals surface area contributed by atoms with E-state index in [-0.39, 0.29) is 24.2 Å². The molecule has 1 atom stereocenters. The fourth-order valence-electron chi connectivity index (χ4n) is 2.18. The highest BCUT2D eigenvalue weighted by Crippen LogP contribution is 2.27. The third-order valence-corrected chi connectivity index (χ3v) is 4.86. The lowest BCUT2D eigenvalue weighted by Crippen LogP contribution is -2.30. The van der Waals surface area contributed by atoms with Crippen LogP contribution in [0, 0.1) is 6.92 Å². The van der Waals surface area contributed by atoms with Gasteiger partial charge in [-0.3, -0.25) is 0 Å². The monoisotopic (exact) mass is 315 g/mol. The topological polar surface area (TPSA) is 64.6 Å². The molecule has 0 radical (unpaired) electrons. The van der Waals surface area contributed by atoms with Crippen LogP contribution in [-0.2, 0) is 14.6 Å². The van der Waals surface area contributed by atoms with Crippen LogP contribution in [0.5, 0.6) is 5.75 Å². The summed E-state index contributed by atoms with van der Waals surface area (Å²) in [5, 5.41) is 3.23. The smallest absolute Gasteiger partial charge is 0.154 e. The summed E-state index contributed by atoms with van der Waals surface area (Å²) >= 11 is 0. The minimum Gasteiger partial charge on any atom is -0.496 e. The van der Waals surface area contributed by atoms with E-state index in [9.17, 15) is 8.42 Å². The van der Waals surface area contributed by atoms with Gasteiger partial charge in [0, 0.05) is 18.7 Å². The van der Waals surface area contributed by atoms with Crippen LogP contribution in [-0.4, -0.2) is 47.3 Å². The first-order chi connectivity index (χ1) is 9.93. The van der Waals surface area contributed by atoms with E-state index in [1.165, 1.54) is 7.11 Å². The molecule has 0 amide bonds. The van der Waals surface area contributed by atoms with E-state index >= 15 is 0 Å². The quantitative estimate of drug-likeness (QED) is 0.751. The minimum absolute atomic E-state index is 0.0273. The van der Waals surface area contributed by atoms with Crippen LogP contribution in [0.1, 0.15) is 24.1 Å². The van der Waals surface area contributed by atoms with Gasteiger partial charge >= 0.3 is 0 Å². The van der Waals surface area contributed by atoms with Gasteiger partial charge < -0.3 is 14.8 Å². The Hall–Kier alpha value is -1.11. The molecule has 1 unspecified atom stereocenters. The van der Waals surface area contributed by atoms with Gasteiger partial charge in [0.1, 0.15) is 5.75 Å². The van der Waals surface area contributed by atoms with E-state index in [1.807, 2.05) is 32.0 Å². The summed E-state index contributed by atoms with van der Waals surface area (Å²) in [5.74, 6) is 0.761. The molecule has 1 rings (SSSR count). The minimum atomic E-state index is -3.19. The summed E-state index contributed by atoms with van der Waals surface area (Å²) in [6.45, 7) is 4.83. The van der Waals surface area contributed by atoms with E-state index in [1.54, 1.807) is 7.11 Å². The number of hydrogen-bond donors (Lipinski definition) is 1. The van der Waals surface area contributed by atoms with Crippen LogP contribution in [0.4, 0.5) is 0 Å². The van der Waals surface area contributed by atoms with E-state index < -0.39 is 9.84 Å². The van der Waals surface area contributed by atoms with Crippen molar-refractivity contribution in [2.24, 2.45) is 0 Å². The van der Waals surface area contributed by atoms with Gasteiger partial charge in [-0.1, -0.05) is 24.6 Å². The molecule has 6 heteroatoms. The second-order valence-corrected chi connectivity index (χ2v) is 7.19. The molecule has 21 heavy (non-hydrogen) atoms.